The molecular weight excluding hydrogens is 445 g/mol. The Morgan fingerprint density at radius 2 is 1.17 bits per heavy atom. The summed E-state index contributed by atoms with van der Waals surface area (Å²) in [6.07, 6.45) is 17.2. The standard InChI is InChI=1S/C20H35P.2BrH.H3N/c1-3-4-5-6-7-8-9-10-11-15-18-21(2)19-20-16-13-12-14-17-20;;;/h12-14,16-17H,3-11,15,18-19H2,1-2H3;2*1H;1H3. The fraction of sp³-hybridized carbons (Fsp3) is 0.700. The Morgan fingerprint density at radius 3 is 1.67 bits per heavy atom. The van der Waals surface area contributed by atoms with Gasteiger partial charge in [-0.1, -0.05) is 95.0 Å². The third kappa shape index (κ3) is 17.4. The summed E-state index contributed by atoms with van der Waals surface area (Å²) >= 11 is 0. The Labute approximate surface area is 173 Å². The molecule has 3 N–H and O–H groups in total. The van der Waals surface area contributed by atoms with Gasteiger partial charge in [-0.3, -0.25) is 0 Å². The number of unbranched alkanes of at least 4 members (excludes halogenated alkanes) is 9. The van der Waals surface area contributed by atoms with Crippen molar-refractivity contribution >= 4 is 41.9 Å². The minimum atomic E-state index is 0. The summed E-state index contributed by atoms with van der Waals surface area (Å²) in [5.41, 5.74) is 1.53. The first-order chi connectivity index (χ1) is 10.3. The first-order valence-electron chi connectivity index (χ1n) is 9.05. The van der Waals surface area contributed by atoms with Crippen molar-refractivity contribution in [2.45, 2.75) is 77.3 Å². The van der Waals surface area contributed by atoms with E-state index in [0.717, 1.165) is 0 Å². The zero-order valence-corrected chi connectivity index (χ0v) is 20.2. The lowest BCUT2D eigenvalue weighted by molar-refractivity contribution is 0.563. The van der Waals surface area contributed by atoms with Crippen molar-refractivity contribution in [1.82, 2.24) is 6.15 Å². The molecule has 4 heteroatoms. The molecule has 1 rings (SSSR count). The van der Waals surface area contributed by atoms with Crippen LogP contribution in [0.3, 0.4) is 0 Å². The van der Waals surface area contributed by atoms with Gasteiger partial charge in [-0.15, -0.1) is 41.9 Å². The van der Waals surface area contributed by atoms with Gasteiger partial charge >= 0.3 is 0 Å². The molecule has 0 heterocycles. The van der Waals surface area contributed by atoms with E-state index < -0.39 is 0 Å². The van der Waals surface area contributed by atoms with E-state index in [9.17, 15) is 0 Å². The predicted molar refractivity (Wildman–Crippen MR) is 125 cm³/mol. The summed E-state index contributed by atoms with van der Waals surface area (Å²) in [5.74, 6) is 0. The third-order valence-electron chi connectivity index (χ3n) is 4.19. The molecule has 24 heavy (non-hydrogen) atoms. The van der Waals surface area contributed by atoms with Crippen molar-refractivity contribution in [3.8, 4) is 0 Å². The summed E-state index contributed by atoms with van der Waals surface area (Å²) in [6, 6.07) is 11.0. The molecule has 0 radical (unpaired) electrons. The topological polar surface area (TPSA) is 35.0 Å². The van der Waals surface area contributed by atoms with E-state index in [0.29, 0.717) is 0 Å². The number of rotatable bonds is 13. The third-order valence-corrected chi connectivity index (χ3v) is 6.17. The van der Waals surface area contributed by atoms with E-state index in [2.05, 4.69) is 43.9 Å². The van der Waals surface area contributed by atoms with Gasteiger partial charge in [-0.05, 0) is 31.0 Å². The van der Waals surface area contributed by atoms with Crippen molar-refractivity contribution in [2.75, 3.05) is 12.8 Å². The molecule has 0 aliphatic rings. The lowest BCUT2D eigenvalue weighted by Crippen LogP contribution is -1.89. The Kier molecular flexibility index (Phi) is 26.4. The van der Waals surface area contributed by atoms with Crippen LogP contribution in [0.25, 0.3) is 0 Å². The van der Waals surface area contributed by atoms with Crippen LogP contribution in [0.2, 0.25) is 0 Å². The molecule has 0 aliphatic heterocycles. The van der Waals surface area contributed by atoms with E-state index in [1.807, 2.05) is 0 Å². The summed E-state index contributed by atoms with van der Waals surface area (Å²) in [7, 11) is 0.209. The van der Waals surface area contributed by atoms with E-state index in [1.165, 1.54) is 82.1 Å². The van der Waals surface area contributed by atoms with E-state index in [4.69, 9.17) is 0 Å². The van der Waals surface area contributed by atoms with Gasteiger partial charge in [0, 0.05) is 0 Å². The monoisotopic (exact) mass is 483 g/mol. The lowest BCUT2D eigenvalue weighted by Gasteiger charge is -2.12. The smallest absolute Gasteiger partial charge is 0.00756 e. The maximum atomic E-state index is 2.47. The Balaban J connectivity index is -0.00000147. The highest BCUT2D eigenvalue weighted by molar-refractivity contribution is 8.93. The highest BCUT2D eigenvalue weighted by atomic mass is 79.9. The highest BCUT2D eigenvalue weighted by Gasteiger charge is 2.02. The summed E-state index contributed by atoms with van der Waals surface area (Å²) in [5, 5.41) is 0. The molecule has 0 fully saturated rings. The van der Waals surface area contributed by atoms with Crippen molar-refractivity contribution < 1.29 is 0 Å². The molecule has 1 atom stereocenters. The van der Waals surface area contributed by atoms with E-state index >= 15 is 0 Å². The van der Waals surface area contributed by atoms with Crippen LogP contribution < -0.4 is 6.15 Å². The number of benzene rings is 1. The van der Waals surface area contributed by atoms with Gasteiger partial charge in [0.2, 0.25) is 0 Å². The molecule has 0 amide bonds. The maximum absolute atomic E-state index is 2.47. The van der Waals surface area contributed by atoms with Crippen LogP contribution in [0.5, 0.6) is 0 Å². The van der Waals surface area contributed by atoms with Gasteiger partial charge in [-0.25, -0.2) is 0 Å². The van der Waals surface area contributed by atoms with Crippen molar-refractivity contribution in [1.29, 1.82) is 0 Å². The second kappa shape index (κ2) is 21.6. The quantitative estimate of drug-likeness (QED) is 0.221. The minimum absolute atomic E-state index is 0. The van der Waals surface area contributed by atoms with Gasteiger partial charge in [-0.2, -0.15) is 0 Å². The first kappa shape index (κ1) is 29.3. The van der Waals surface area contributed by atoms with Crippen LogP contribution in [0, 0.1) is 0 Å². The van der Waals surface area contributed by atoms with Gasteiger partial charge < -0.3 is 6.15 Å². The average molecular weight is 485 g/mol. The molecule has 1 aromatic rings. The number of hydrogen-bond acceptors (Lipinski definition) is 1. The molecule has 1 unspecified atom stereocenters. The minimum Gasteiger partial charge on any atom is -0.344 e. The van der Waals surface area contributed by atoms with Crippen LogP contribution in [-0.2, 0) is 6.16 Å². The van der Waals surface area contributed by atoms with Crippen LogP contribution in [0.1, 0.15) is 76.7 Å². The Morgan fingerprint density at radius 1 is 0.708 bits per heavy atom. The summed E-state index contributed by atoms with van der Waals surface area (Å²) in [4.78, 5) is 0. The second-order valence-corrected chi connectivity index (χ2v) is 8.88. The van der Waals surface area contributed by atoms with Crippen LogP contribution in [-0.4, -0.2) is 12.8 Å². The lowest BCUT2D eigenvalue weighted by atomic mass is 10.1. The Hall–Kier alpha value is 0.570. The van der Waals surface area contributed by atoms with Crippen molar-refractivity contribution in [3.05, 3.63) is 35.9 Å². The molecular formula is C20H40Br2NP. The molecule has 0 bridgehead atoms. The normalized spacial score (nSPS) is 10.9. The highest BCUT2D eigenvalue weighted by Crippen LogP contribution is 2.36. The second-order valence-electron chi connectivity index (χ2n) is 6.41. The van der Waals surface area contributed by atoms with Crippen LogP contribution in [0.4, 0.5) is 0 Å². The fourth-order valence-corrected chi connectivity index (χ4v) is 4.60. The van der Waals surface area contributed by atoms with Crippen LogP contribution >= 0.6 is 41.9 Å². The molecule has 0 aromatic heterocycles. The first-order valence-corrected chi connectivity index (χ1v) is 11.2. The average Bonchev–Trinajstić information content (AvgIpc) is 2.50. The van der Waals surface area contributed by atoms with Gasteiger partial charge in [0.05, 0.1) is 0 Å². The van der Waals surface area contributed by atoms with Crippen molar-refractivity contribution in [3.63, 3.8) is 0 Å². The zero-order chi connectivity index (χ0) is 15.2. The molecule has 1 aromatic carbocycles. The largest absolute Gasteiger partial charge is 0.344 e. The number of halogens is 2. The molecule has 0 saturated heterocycles. The molecule has 0 saturated carbocycles. The number of hydrogen-bond donors (Lipinski definition) is 1. The van der Waals surface area contributed by atoms with Crippen molar-refractivity contribution in [2.24, 2.45) is 0 Å². The van der Waals surface area contributed by atoms with E-state index in [-0.39, 0.29) is 48.0 Å². The fourth-order valence-electron chi connectivity index (χ4n) is 2.84. The molecule has 1 nitrogen and oxygen atoms in total. The predicted octanol–water partition coefficient (Wildman–Crippen LogP) is 8.54. The maximum Gasteiger partial charge on any atom is -0.00756 e. The SMILES string of the molecule is Br.Br.CCCCCCCCCCCCP(C)Cc1ccccc1.N. The molecule has 0 aliphatic carbocycles. The van der Waals surface area contributed by atoms with Gasteiger partial charge in [0.1, 0.15) is 0 Å². The Bertz CT molecular complexity index is 336. The molecule has 0 spiro atoms. The van der Waals surface area contributed by atoms with Crippen LogP contribution in [0.15, 0.2) is 30.3 Å². The zero-order valence-electron chi connectivity index (χ0n) is 15.8. The van der Waals surface area contributed by atoms with Gasteiger partial charge in [0.25, 0.3) is 0 Å². The summed E-state index contributed by atoms with van der Waals surface area (Å²) in [6.45, 7) is 4.76. The summed E-state index contributed by atoms with van der Waals surface area (Å²) < 4.78 is 0. The molecule has 144 valence electrons. The van der Waals surface area contributed by atoms with E-state index in [1.54, 1.807) is 0 Å². The van der Waals surface area contributed by atoms with Gasteiger partial charge in [0.15, 0.2) is 0 Å².